The summed E-state index contributed by atoms with van der Waals surface area (Å²) in [5, 5.41) is 0. The van der Waals surface area contributed by atoms with Gasteiger partial charge in [-0.2, -0.15) is 0 Å². The zero-order valence-corrected chi connectivity index (χ0v) is 13.5. The van der Waals surface area contributed by atoms with E-state index in [0.717, 1.165) is 35.2 Å². The van der Waals surface area contributed by atoms with E-state index in [4.69, 9.17) is 10.7 Å². The Bertz CT molecular complexity index is 640. The van der Waals surface area contributed by atoms with Crippen LogP contribution in [0.5, 0.6) is 0 Å². The van der Waals surface area contributed by atoms with Crippen LogP contribution in [0.4, 0.5) is 5.82 Å². The first-order valence-electron chi connectivity index (χ1n) is 7.89. The largest absolute Gasteiger partial charge is 0.383 e. The number of benzene rings is 1. The van der Waals surface area contributed by atoms with E-state index >= 15 is 0 Å². The number of hydrogen-bond acceptors (Lipinski definition) is 2. The van der Waals surface area contributed by atoms with Crippen molar-refractivity contribution in [2.24, 2.45) is 0 Å². The molecule has 0 bridgehead atoms. The molecule has 3 nitrogen and oxygen atoms in total. The maximum absolute atomic E-state index is 6.41. The smallest absolute Gasteiger partial charge is 0.132 e. The molecule has 2 N–H and O–H groups in total. The summed E-state index contributed by atoms with van der Waals surface area (Å²) in [6, 6.07) is 8.79. The molecule has 0 atom stereocenters. The molecule has 3 rings (SSSR count). The average molecular weight is 283 g/mol. The van der Waals surface area contributed by atoms with Crippen LogP contribution in [-0.2, 0) is 12.0 Å². The van der Waals surface area contributed by atoms with Gasteiger partial charge in [0.15, 0.2) is 0 Å². The standard InChI is InChI=1S/C18H25N3/c1-5-15-20-16(17(19)21(15)18(2,3)4)14-10-8-13(9-11-14)12-6-7-12/h8-12H,5-7,19H2,1-4H3. The molecule has 1 fully saturated rings. The Labute approximate surface area is 127 Å². The highest BCUT2D eigenvalue weighted by Gasteiger charge is 2.25. The molecule has 1 saturated carbocycles. The van der Waals surface area contributed by atoms with Gasteiger partial charge in [0, 0.05) is 17.5 Å². The highest BCUT2D eigenvalue weighted by molar-refractivity contribution is 5.71. The van der Waals surface area contributed by atoms with Crippen molar-refractivity contribution in [3.8, 4) is 11.3 Å². The van der Waals surface area contributed by atoms with Crippen molar-refractivity contribution in [3.05, 3.63) is 35.7 Å². The monoisotopic (exact) mass is 283 g/mol. The average Bonchev–Trinajstić information content (AvgIpc) is 3.21. The summed E-state index contributed by atoms with van der Waals surface area (Å²) >= 11 is 0. The molecule has 0 radical (unpaired) electrons. The molecule has 0 amide bonds. The van der Waals surface area contributed by atoms with Crippen LogP contribution in [0.25, 0.3) is 11.3 Å². The minimum atomic E-state index is -0.0470. The zero-order valence-electron chi connectivity index (χ0n) is 13.5. The quantitative estimate of drug-likeness (QED) is 0.911. The van der Waals surface area contributed by atoms with Crippen molar-refractivity contribution in [1.82, 2.24) is 9.55 Å². The zero-order chi connectivity index (χ0) is 15.2. The molecule has 112 valence electrons. The Morgan fingerprint density at radius 3 is 2.24 bits per heavy atom. The normalized spacial score (nSPS) is 15.4. The molecule has 3 heteroatoms. The molecule has 0 aliphatic heterocycles. The molecule has 1 aliphatic rings. The molecular weight excluding hydrogens is 258 g/mol. The summed E-state index contributed by atoms with van der Waals surface area (Å²) < 4.78 is 2.16. The van der Waals surface area contributed by atoms with Gasteiger partial charge in [0.25, 0.3) is 0 Å². The van der Waals surface area contributed by atoms with Crippen molar-refractivity contribution >= 4 is 5.82 Å². The number of imidazole rings is 1. The molecule has 2 aromatic rings. The first-order chi connectivity index (χ1) is 9.91. The molecular formula is C18H25N3. The van der Waals surface area contributed by atoms with E-state index in [2.05, 4.69) is 56.5 Å². The van der Waals surface area contributed by atoms with E-state index in [1.807, 2.05) is 0 Å². The van der Waals surface area contributed by atoms with Gasteiger partial charge in [-0.3, -0.25) is 0 Å². The van der Waals surface area contributed by atoms with Crippen molar-refractivity contribution < 1.29 is 0 Å². The summed E-state index contributed by atoms with van der Waals surface area (Å²) in [5.74, 6) is 2.62. The lowest BCUT2D eigenvalue weighted by atomic mass is 10.1. The van der Waals surface area contributed by atoms with Gasteiger partial charge in [0.1, 0.15) is 17.3 Å². The van der Waals surface area contributed by atoms with Gasteiger partial charge in [-0.05, 0) is 45.1 Å². The summed E-state index contributed by atoms with van der Waals surface area (Å²) in [4.78, 5) is 4.79. The van der Waals surface area contributed by atoms with Crippen molar-refractivity contribution in [2.45, 2.75) is 58.4 Å². The second kappa shape index (κ2) is 4.90. The lowest BCUT2D eigenvalue weighted by Crippen LogP contribution is -2.25. The highest BCUT2D eigenvalue weighted by Crippen LogP contribution is 2.41. The van der Waals surface area contributed by atoms with Crippen LogP contribution >= 0.6 is 0 Å². The summed E-state index contributed by atoms with van der Waals surface area (Å²) in [7, 11) is 0. The van der Waals surface area contributed by atoms with Crippen LogP contribution in [0.3, 0.4) is 0 Å². The van der Waals surface area contributed by atoms with E-state index in [0.29, 0.717) is 0 Å². The lowest BCUT2D eigenvalue weighted by Gasteiger charge is -2.24. The predicted molar refractivity (Wildman–Crippen MR) is 88.4 cm³/mol. The fraction of sp³-hybridized carbons (Fsp3) is 0.500. The Morgan fingerprint density at radius 2 is 1.81 bits per heavy atom. The van der Waals surface area contributed by atoms with Crippen molar-refractivity contribution in [1.29, 1.82) is 0 Å². The molecule has 0 saturated heterocycles. The third kappa shape index (κ3) is 2.57. The first-order valence-corrected chi connectivity index (χ1v) is 7.89. The molecule has 0 spiro atoms. The second-order valence-electron chi connectivity index (χ2n) is 7.02. The van der Waals surface area contributed by atoms with Gasteiger partial charge in [-0.1, -0.05) is 31.2 Å². The minimum absolute atomic E-state index is 0.0470. The Hall–Kier alpha value is -1.77. The van der Waals surface area contributed by atoms with Crippen LogP contribution in [-0.4, -0.2) is 9.55 Å². The second-order valence-corrected chi connectivity index (χ2v) is 7.02. The number of anilines is 1. The Kier molecular flexibility index (Phi) is 3.31. The third-order valence-electron chi connectivity index (χ3n) is 4.20. The fourth-order valence-corrected chi connectivity index (χ4v) is 3.01. The number of aryl methyl sites for hydroxylation is 1. The summed E-state index contributed by atoms with van der Waals surface area (Å²) in [6.45, 7) is 8.64. The van der Waals surface area contributed by atoms with Gasteiger partial charge in [-0.25, -0.2) is 4.98 Å². The van der Waals surface area contributed by atoms with Crippen LogP contribution in [0, 0.1) is 0 Å². The number of aromatic nitrogens is 2. The highest BCUT2D eigenvalue weighted by atomic mass is 15.2. The predicted octanol–water partition coefficient (Wildman–Crippen LogP) is 4.33. The van der Waals surface area contributed by atoms with Crippen LogP contribution in [0.1, 0.15) is 57.8 Å². The van der Waals surface area contributed by atoms with Gasteiger partial charge < -0.3 is 10.3 Å². The van der Waals surface area contributed by atoms with Crippen molar-refractivity contribution in [3.63, 3.8) is 0 Å². The van der Waals surface area contributed by atoms with E-state index in [1.54, 1.807) is 0 Å². The van der Waals surface area contributed by atoms with E-state index in [1.165, 1.54) is 18.4 Å². The molecule has 0 unspecified atom stereocenters. The lowest BCUT2D eigenvalue weighted by molar-refractivity contribution is 0.389. The molecule has 1 aromatic carbocycles. The Morgan fingerprint density at radius 1 is 1.19 bits per heavy atom. The maximum Gasteiger partial charge on any atom is 0.132 e. The number of rotatable bonds is 3. The third-order valence-corrected chi connectivity index (χ3v) is 4.20. The Balaban J connectivity index is 2.03. The minimum Gasteiger partial charge on any atom is -0.383 e. The fourth-order valence-electron chi connectivity index (χ4n) is 3.01. The van der Waals surface area contributed by atoms with Crippen LogP contribution in [0.15, 0.2) is 24.3 Å². The molecule has 1 aliphatic carbocycles. The number of nitrogens with two attached hydrogens (primary N) is 1. The topological polar surface area (TPSA) is 43.8 Å². The van der Waals surface area contributed by atoms with E-state index in [-0.39, 0.29) is 5.54 Å². The first kappa shape index (κ1) is 14.2. The van der Waals surface area contributed by atoms with Gasteiger partial charge in [0.2, 0.25) is 0 Å². The van der Waals surface area contributed by atoms with Crippen LogP contribution in [0.2, 0.25) is 0 Å². The van der Waals surface area contributed by atoms with E-state index in [9.17, 15) is 0 Å². The summed E-state index contributed by atoms with van der Waals surface area (Å²) in [5.41, 5.74) is 9.85. The molecule has 21 heavy (non-hydrogen) atoms. The van der Waals surface area contributed by atoms with Gasteiger partial charge >= 0.3 is 0 Å². The molecule has 1 aromatic heterocycles. The van der Waals surface area contributed by atoms with Crippen molar-refractivity contribution in [2.75, 3.05) is 5.73 Å². The van der Waals surface area contributed by atoms with E-state index < -0.39 is 0 Å². The number of hydrogen-bond donors (Lipinski definition) is 1. The van der Waals surface area contributed by atoms with Gasteiger partial charge in [-0.15, -0.1) is 0 Å². The molecule has 1 heterocycles. The maximum atomic E-state index is 6.41. The van der Waals surface area contributed by atoms with Crippen LogP contribution < -0.4 is 5.73 Å². The van der Waals surface area contributed by atoms with Gasteiger partial charge in [0.05, 0.1) is 0 Å². The number of nitrogens with zero attached hydrogens (tertiary/aromatic N) is 2. The SMILES string of the molecule is CCc1nc(-c2ccc(C3CC3)cc2)c(N)n1C(C)(C)C. The summed E-state index contributed by atoms with van der Waals surface area (Å²) in [6.07, 6.45) is 3.56. The number of nitrogen functional groups attached to an aromatic ring is 1.